The Labute approximate surface area is 153 Å². The van der Waals surface area contributed by atoms with Gasteiger partial charge in [-0.1, -0.05) is 71.6 Å². The molecule has 2 aromatic carbocycles. The fourth-order valence-electron chi connectivity index (χ4n) is 2.02. The maximum Gasteiger partial charge on any atom is 0.238 e. The van der Waals surface area contributed by atoms with Gasteiger partial charge in [0.1, 0.15) is 5.82 Å². The minimum Gasteiger partial charge on any atom is -0.257 e. The number of hydrogen-bond acceptors (Lipinski definition) is 6. The van der Waals surface area contributed by atoms with Crippen molar-refractivity contribution in [3.8, 4) is 0 Å². The molecule has 0 radical (unpaired) electrons. The van der Waals surface area contributed by atoms with Gasteiger partial charge in [0.15, 0.2) is 4.34 Å². The lowest BCUT2D eigenvalue weighted by Crippen LogP contribution is -2.15. The summed E-state index contributed by atoms with van der Waals surface area (Å²) in [4.78, 5) is 0. The van der Waals surface area contributed by atoms with E-state index < -0.39 is 21.6 Å². The summed E-state index contributed by atoms with van der Waals surface area (Å²) >= 11 is 2.63. The minimum atomic E-state index is -3.76. The number of rotatable bonds is 7. The molecule has 1 N–H and O–H groups in total. The Hall–Kier alpha value is -1.97. The second-order valence-corrected chi connectivity index (χ2v) is 9.02. The van der Waals surface area contributed by atoms with Crippen molar-refractivity contribution in [2.45, 2.75) is 15.8 Å². The van der Waals surface area contributed by atoms with E-state index in [-0.39, 0.29) is 10.7 Å². The molecule has 9 heteroatoms. The quantitative estimate of drug-likeness (QED) is 0.614. The first-order valence-corrected chi connectivity index (χ1v) is 10.7. The Morgan fingerprint density at radius 2 is 1.76 bits per heavy atom. The number of aromatic nitrogens is 2. The maximum absolute atomic E-state index is 13.6. The molecule has 0 atom stereocenters. The van der Waals surface area contributed by atoms with E-state index in [0.717, 1.165) is 22.7 Å². The van der Waals surface area contributed by atoms with Crippen LogP contribution in [-0.4, -0.2) is 18.6 Å². The van der Waals surface area contributed by atoms with Crippen LogP contribution in [0.25, 0.3) is 0 Å². The molecule has 0 saturated carbocycles. The molecule has 0 aliphatic carbocycles. The number of anilines is 1. The molecule has 1 aromatic heterocycles. The second-order valence-electron chi connectivity index (χ2n) is 5.10. The molecule has 0 unspecified atom stereocenters. The van der Waals surface area contributed by atoms with Crippen molar-refractivity contribution in [2.75, 3.05) is 4.72 Å². The van der Waals surface area contributed by atoms with E-state index in [1.165, 1.54) is 30.0 Å². The first kappa shape index (κ1) is 17.8. The van der Waals surface area contributed by atoms with E-state index in [9.17, 15) is 12.8 Å². The van der Waals surface area contributed by atoms with Crippen LogP contribution in [0.5, 0.6) is 0 Å². The summed E-state index contributed by atoms with van der Waals surface area (Å²) in [6.07, 6.45) is 0. The normalized spacial score (nSPS) is 11.4. The van der Waals surface area contributed by atoms with Crippen LogP contribution in [0.2, 0.25) is 0 Å². The smallest absolute Gasteiger partial charge is 0.238 e. The Morgan fingerprint density at radius 3 is 2.52 bits per heavy atom. The van der Waals surface area contributed by atoms with Crippen molar-refractivity contribution in [1.29, 1.82) is 0 Å². The van der Waals surface area contributed by atoms with E-state index in [4.69, 9.17) is 0 Å². The Kier molecular flexibility index (Phi) is 5.67. The van der Waals surface area contributed by atoms with Crippen LogP contribution < -0.4 is 4.72 Å². The molecule has 3 aromatic rings. The van der Waals surface area contributed by atoms with Crippen LogP contribution in [0.1, 0.15) is 11.1 Å². The highest BCUT2D eigenvalue weighted by Crippen LogP contribution is 2.29. The zero-order valence-electron chi connectivity index (χ0n) is 12.9. The lowest BCUT2D eigenvalue weighted by Gasteiger charge is -2.05. The Bertz CT molecular complexity index is 946. The van der Waals surface area contributed by atoms with Crippen LogP contribution in [-0.2, 0) is 21.5 Å². The average molecular weight is 396 g/mol. The Morgan fingerprint density at radius 1 is 1.04 bits per heavy atom. The van der Waals surface area contributed by atoms with Gasteiger partial charge in [-0.3, -0.25) is 4.72 Å². The molecule has 0 aliphatic heterocycles. The fourth-order valence-corrected chi connectivity index (χ4v) is 5.15. The predicted molar refractivity (Wildman–Crippen MR) is 98.6 cm³/mol. The number of nitrogens with zero attached hydrogens (tertiary/aromatic N) is 2. The third-order valence-electron chi connectivity index (χ3n) is 3.16. The summed E-state index contributed by atoms with van der Waals surface area (Å²) in [6.45, 7) is 0. The fraction of sp³-hybridized carbons (Fsp3) is 0.125. The van der Waals surface area contributed by atoms with Gasteiger partial charge in [-0.2, -0.15) is 0 Å². The van der Waals surface area contributed by atoms with Crippen LogP contribution in [0.4, 0.5) is 9.52 Å². The van der Waals surface area contributed by atoms with Crippen molar-refractivity contribution in [3.05, 3.63) is 71.5 Å². The van der Waals surface area contributed by atoms with Gasteiger partial charge in [-0.15, -0.1) is 10.2 Å². The van der Waals surface area contributed by atoms with Crippen molar-refractivity contribution in [2.24, 2.45) is 0 Å². The first-order chi connectivity index (χ1) is 12.0. The topological polar surface area (TPSA) is 72.0 Å². The van der Waals surface area contributed by atoms with Crippen LogP contribution in [0, 0.1) is 5.82 Å². The van der Waals surface area contributed by atoms with Crippen molar-refractivity contribution in [3.63, 3.8) is 0 Å². The molecule has 0 amide bonds. The molecular weight excluding hydrogens is 381 g/mol. The molecule has 5 nitrogen and oxygen atoms in total. The average Bonchev–Trinajstić information content (AvgIpc) is 3.02. The highest BCUT2D eigenvalue weighted by atomic mass is 32.2. The highest BCUT2D eigenvalue weighted by Gasteiger charge is 2.17. The van der Waals surface area contributed by atoms with Gasteiger partial charge in [0.05, 0.1) is 5.75 Å². The van der Waals surface area contributed by atoms with E-state index in [0.29, 0.717) is 4.34 Å². The summed E-state index contributed by atoms with van der Waals surface area (Å²) in [7, 11) is -3.76. The second kappa shape index (κ2) is 7.94. The highest BCUT2D eigenvalue weighted by molar-refractivity contribution is 8.00. The van der Waals surface area contributed by atoms with Crippen LogP contribution in [0.15, 0.2) is 58.9 Å². The molecule has 1 heterocycles. The maximum atomic E-state index is 13.6. The zero-order chi connectivity index (χ0) is 17.7. The van der Waals surface area contributed by atoms with Gasteiger partial charge in [0.2, 0.25) is 15.2 Å². The first-order valence-electron chi connectivity index (χ1n) is 7.26. The van der Waals surface area contributed by atoms with Gasteiger partial charge in [-0.25, -0.2) is 12.8 Å². The van der Waals surface area contributed by atoms with Crippen molar-refractivity contribution in [1.82, 2.24) is 10.2 Å². The lowest BCUT2D eigenvalue weighted by atomic mass is 10.2. The van der Waals surface area contributed by atoms with Crippen molar-refractivity contribution >= 4 is 38.3 Å². The molecular formula is C16H14FN3O2S3. The number of benzene rings is 2. The summed E-state index contributed by atoms with van der Waals surface area (Å²) in [6, 6.07) is 15.7. The molecule has 0 spiro atoms. The van der Waals surface area contributed by atoms with Crippen LogP contribution >= 0.6 is 23.1 Å². The van der Waals surface area contributed by atoms with Gasteiger partial charge < -0.3 is 0 Å². The molecule has 0 bridgehead atoms. The zero-order valence-corrected chi connectivity index (χ0v) is 15.4. The summed E-state index contributed by atoms with van der Waals surface area (Å²) < 4.78 is 40.9. The van der Waals surface area contributed by atoms with Crippen molar-refractivity contribution < 1.29 is 12.8 Å². The van der Waals surface area contributed by atoms with Gasteiger partial charge >= 0.3 is 0 Å². The number of nitrogens with one attached hydrogen (secondary N) is 1. The predicted octanol–water partition coefficient (Wildman–Crippen LogP) is 3.91. The third kappa shape index (κ3) is 5.25. The summed E-state index contributed by atoms with van der Waals surface area (Å²) in [5.41, 5.74) is 1.25. The molecule has 0 fully saturated rings. The number of halogens is 1. The molecule has 0 saturated heterocycles. The van der Waals surface area contributed by atoms with Crippen LogP contribution in [0.3, 0.4) is 0 Å². The number of hydrogen-bond donors (Lipinski definition) is 1. The monoisotopic (exact) mass is 395 g/mol. The molecule has 130 valence electrons. The molecule has 25 heavy (non-hydrogen) atoms. The number of sulfonamides is 1. The summed E-state index contributed by atoms with van der Waals surface area (Å²) in [5.74, 6) is -0.285. The lowest BCUT2D eigenvalue weighted by molar-refractivity contribution is 0.591. The SMILES string of the molecule is O=S(=O)(Cc1ccccc1F)Nc1nnc(SCc2ccccc2)s1. The van der Waals surface area contributed by atoms with E-state index >= 15 is 0 Å². The number of thioether (sulfide) groups is 1. The van der Waals surface area contributed by atoms with E-state index in [1.54, 1.807) is 6.07 Å². The Balaban J connectivity index is 1.61. The van der Waals surface area contributed by atoms with E-state index in [1.807, 2.05) is 30.3 Å². The van der Waals surface area contributed by atoms with Gasteiger partial charge in [-0.05, 0) is 11.6 Å². The van der Waals surface area contributed by atoms with Gasteiger partial charge in [0, 0.05) is 11.3 Å². The standard InChI is InChI=1S/C16H14FN3O2S3/c17-14-9-5-4-8-13(14)11-25(21,22)20-15-18-19-16(24-15)23-10-12-6-2-1-3-7-12/h1-9H,10-11H2,(H,18,20). The minimum absolute atomic E-state index is 0.109. The third-order valence-corrected chi connectivity index (χ3v) is 6.53. The summed E-state index contributed by atoms with van der Waals surface area (Å²) in [5, 5.41) is 7.98. The van der Waals surface area contributed by atoms with Gasteiger partial charge in [0.25, 0.3) is 0 Å². The molecule has 0 aliphatic rings. The molecule has 3 rings (SSSR count). The largest absolute Gasteiger partial charge is 0.257 e. The van der Waals surface area contributed by atoms with E-state index in [2.05, 4.69) is 14.9 Å².